The van der Waals surface area contributed by atoms with Gasteiger partial charge >= 0.3 is 5.97 Å². The summed E-state index contributed by atoms with van der Waals surface area (Å²) in [5, 5.41) is 0. The van der Waals surface area contributed by atoms with E-state index >= 15 is 0 Å². The summed E-state index contributed by atoms with van der Waals surface area (Å²) in [4.78, 5) is 11.1. The zero-order valence-electron chi connectivity index (χ0n) is 9.38. The molecular weight excluding hydrogens is 180 g/mol. The van der Waals surface area contributed by atoms with Crippen LogP contribution < -0.4 is 11.5 Å². The van der Waals surface area contributed by atoms with E-state index in [9.17, 15) is 4.79 Å². The summed E-state index contributed by atoms with van der Waals surface area (Å²) < 4.78 is 4.79. The molecule has 0 aromatic heterocycles. The summed E-state index contributed by atoms with van der Waals surface area (Å²) in [6.45, 7) is 6.08. The molecule has 4 nitrogen and oxygen atoms in total. The van der Waals surface area contributed by atoms with Crippen molar-refractivity contribution in [3.8, 4) is 0 Å². The van der Waals surface area contributed by atoms with Crippen LogP contribution in [0.5, 0.6) is 0 Å². The predicted molar refractivity (Wildman–Crippen MR) is 56.7 cm³/mol. The van der Waals surface area contributed by atoms with Crippen LogP contribution in [0.2, 0.25) is 0 Å². The number of carbonyl (C=O) groups excluding carboxylic acids is 1. The van der Waals surface area contributed by atoms with Gasteiger partial charge in [0.25, 0.3) is 0 Å². The van der Waals surface area contributed by atoms with Crippen LogP contribution in [-0.2, 0) is 9.53 Å². The third kappa shape index (κ3) is 6.86. The number of ether oxygens (including phenoxy) is 1. The lowest BCUT2D eigenvalue weighted by atomic mass is 9.97. The molecule has 4 N–H and O–H groups in total. The molecule has 0 aliphatic heterocycles. The van der Waals surface area contributed by atoms with Gasteiger partial charge < -0.3 is 16.2 Å². The van der Waals surface area contributed by atoms with Gasteiger partial charge in [0.1, 0.15) is 6.04 Å². The molecule has 0 aromatic carbocycles. The smallest absolute Gasteiger partial charge is 0.322 e. The summed E-state index contributed by atoms with van der Waals surface area (Å²) in [5.41, 5.74) is 11.2. The average Bonchev–Trinajstić information content (AvgIpc) is 2.02. The minimum Gasteiger partial charge on any atom is -0.465 e. The van der Waals surface area contributed by atoms with Gasteiger partial charge in [-0.3, -0.25) is 4.79 Å². The second-order valence-electron chi connectivity index (χ2n) is 4.24. The Balaban J connectivity index is 3.63. The molecule has 14 heavy (non-hydrogen) atoms. The maximum Gasteiger partial charge on any atom is 0.322 e. The van der Waals surface area contributed by atoms with Crippen LogP contribution in [0.1, 0.15) is 40.0 Å². The van der Waals surface area contributed by atoms with Crippen molar-refractivity contribution < 1.29 is 9.53 Å². The fraction of sp³-hybridized carbons (Fsp3) is 0.900. The van der Waals surface area contributed by atoms with Crippen LogP contribution in [0, 0.1) is 0 Å². The van der Waals surface area contributed by atoms with Gasteiger partial charge in [-0.05, 0) is 40.0 Å². The number of hydrogen-bond donors (Lipinski definition) is 2. The van der Waals surface area contributed by atoms with E-state index in [1.807, 2.05) is 13.8 Å². The van der Waals surface area contributed by atoms with Gasteiger partial charge in [-0.25, -0.2) is 0 Å². The molecule has 0 fully saturated rings. The molecule has 0 aromatic rings. The first kappa shape index (κ1) is 13.4. The zero-order chi connectivity index (χ0) is 11.2. The number of nitrogens with two attached hydrogens (primary N) is 2. The summed E-state index contributed by atoms with van der Waals surface area (Å²) >= 11 is 0. The lowest BCUT2D eigenvalue weighted by Crippen LogP contribution is -2.35. The Hall–Kier alpha value is -0.610. The molecule has 0 radical (unpaired) electrons. The average molecular weight is 202 g/mol. The third-order valence-corrected chi connectivity index (χ3v) is 1.93. The Morgan fingerprint density at radius 2 is 2.07 bits per heavy atom. The lowest BCUT2D eigenvalue weighted by molar-refractivity contribution is -0.144. The molecule has 0 heterocycles. The van der Waals surface area contributed by atoms with E-state index in [-0.39, 0.29) is 11.5 Å². The largest absolute Gasteiger partial charge is 0.465 e. The van der Waals surface area contributed by atoms with Crippen LogP contribution in [0.3, 0.4) is 0 Å². The minimum absolute atomic E-state index is 0.186. The normalized spacial score (nSPS) is 13.8. The first-order valence-corrected chi connectivity index (χ1v) is 5.08. The Kier molecular flexibility index (Phi) is 5.72. The summed E-state index contributed by atoms with van der Waals surface area (Å²) in [6.07, 6.45) is 2.35. The molecule has 0 saturated carbocycles. The molecule has 0 saturated heterocycles. The van der Waals surface area contributed by atoms with Crippen LogP contribution in [-0.4, -0.2) is 24.2 Å². The second-order valence-corrected chi connectivity index (χ2v) is 4.24. The Morgan fingerprint density at radius 3 is 2.50 bits per heavy atom. The quantitative estimate of drug-likeness (QED) is 0.624. The maximum absolute atomic E-state index is 11.1. The number of carbonyl (C=O) groups is 1. The number of rotatable bonds is 6. The van der Waals surface area contributed by atoms with Crippen molar-refractivity contribution in [3.63, 3.8) is 0 Å². The Labute approximate surface area is 86.0 Å². The highest BCUT2D eigenvalue weighted by atomic mass is 16.5. The first-order valence-electron chi connectivity index (χ1n) is 5.08. The fourth-order valence-electron chi connectivity index (χ4n) is 1.14. The van der Waals surface area contributed by atoms with E-state index in [0.717, 1.165) is 12.8 Å². The zero-order valence-corrected chi connectivity index (χ0v) is 9.38. The van der Waals surface area contributed by atoms with E-state index in [1.54, 1.807) is 6.92 Å². The van der Waals surface area contributed by atoms with Gasteiger partial charge in [-0.2, -0.15) is 0 Å². The molecular formula is C10H22N2O2. The molecule has 0 rings (SSSR count). The topological polar surface area (TPSA) is 78.3 Å². The van der Waals surface area contributed by atoms with Crippen molar-refractivity contribution in [2.75, 3.05) is 6.61 Å². The standard InChI is InChI=1S/C10H22N2O2/c1-4-14-9(13)8(11)6-5-7-10(2,3)12/h8H,4-7,11-12H2,1-3H3. The molecule has 0 spiro atoms. The van der Waals surface area contributed by atoms with Crippen molar-refractivity contribution in [2.45, 2.75) is 51.6 Å². The van der Waals surface area contributed by atoms with E-state index in [1.165, 1.54) is 0 Å². The minimum atomic E-state index is -0.503. The maximum atomic E-state index is 11.1. The Bertz CT molecular complexity index is 175. The molecule has 1 unspecified atom stereocenters. The highest BCUT2D eigenvalue weighted by Crippen LogP contribution is 2.10. The van der Waals surface area contributed by atoms with Crippen molar-refractivity contribution in [3.05, 3.63) is 0 Å². The van der Waals surface area contributed by atoms with E-state index in [2.05, 4.69) is 0 Å². The summed E-state index contributed by atoms with van der Waals surface area (Å²) in [5.74, 6) is -0.317. The van der Waals surface area contributed by atoms with Gasteiger partial charge in [0.05, 0.1) is 6.61 Å². The SMILES string of the molecule is CCOC(=O)C(N)CCCC(C)(C)N. The van der Waals surface area contributed by atoms with Crippen molar-refractivity contribution >= 4 is 5.97 Å². The molecule has 0 aliphatic rings. The van der Waals surface area contributed by atoms with Crippen LogP contribution in [0.25, 0.3) is 0 Å². The van der Waals surface area contributed by atoms with Gasteiger partial charge in [-0.1, -0.05) is 0 Å². The molecule has 1 atom stereocenters. The first-order chi connectivity index (χ1) is 6.37. The van der Waals surface area contributed by atoms with Gasteiger partial charge in [0.15, 0.2) is 0 Å². The van der Waals surface area contributed by atoms with Crippen molar-refractivity contribution in [2.24, 2.45) is 11.5 Å². The van der Waals surface area contributed by atoms with Gasteiger partial charge in [0, 0.05) is 5.54 Å². The number of esters is 1. The Morgan fingerprint density at radius 1 is 1.50 bits per heavy atom. The molecule has 0 aliphatic carbocycles. The van der Waals surface area contributed by atoms with Crippen LogP contribution >= 0.6 is 0 Å². The van der Waals surface area contributed by atoms with Crippen molar-refractivity contribution in [1.82, 2.24) is 0 Å². The fourth-order valence-corrected chi connectivity index (χ4v) is 1.14. The van der Waals surface area contributed by atoms with Gasteiger partial charge in [0.2, 0.25) is 0 Å². The van der Waals surface area contributed by atoms with E-state index in [0.29, 0.717) is 13.0 Å². The van der Waals surface area contributed by atoms with Crippen LogP contribution in [0.4, 0.5) is 0 Å². The number of hydrogen-bond acceptors (Lipinski definition) is 4. The highest BCUT2D eigenvalue weighted by Gasteiger charge is 2.16. The molecule has 0 bridgehead atoms. The van der Waals surface area contributed by atoms with Crippen molar-refractivity contribution in [1.29, 1.82) is 0 Å². The van der Waals surface area contributed by atoms with E-state index in [4.69, 9.17) is 16.2 Å². The van der Waals surface area contributed by atoms with Gasteiger partial charge in [-0.15, -0.1) is 0 Å². The second kappa shape index (κ2) is 5.98. The summed E-state index contributed by atoms with van der Waals surface area (Å²) in [6, 6.07) is -0.503. The molecule has 4 heteroatoms. The lowest BCUT2D eigenvalue weighted by Gasteiger charge is -2.18. The van der Waals surface area contributed by atoms with Crippen LogP contribution in [0.15, 0.2) is 0 Å². The highest BCUT2D eigenvalue weighted by molar-refractivity contribution is 5.75. The monoisotopic (exact) mass is 202 g/mol. The van der Waals surface area contributed by atoms with E-state index < -0.39 is 6.04 Å². The predicted octanol–water partition coefficient (Wildman–Crippen LogP) is 0.784. The summed E-state index contributed by atoms with van der Waals surface area (Å²) in [7, 11) is 0. The third-order valence-electron chi connectivity index (χ3n) is 1.93. The molecule has 84 valence electrons. The molecule has 0 amide bonds.